The van der Waals surface area contributed by atoms with Crippen molar-refractivity contribution >= 4 is 17.7 Å². The summed E-state index contributed by atoms with van der Waals surface area (Å²) in [5.41, 5.74) is 1.01. The van der Waals surface area contributed by atoms with Crippen molar-refractivity contribution in [1.82, 2.24) is 19.7 Å². The third-order valence-electron chi connectivity index (χ3n) is 3.49. The predicted molar refractivity (Wildman–Crippen MR) is 78.3 cm³/mol. The van der Waals surface area contributed by atoms with E-state index in [2.05, 4.69) is 19.7 Å². The van der Waals surface area contributed by atoms with Gasteiger partial charge < -0.3 is 9.67 Å². The molecule has 1 aliphatic rings. The Labute approximate surface area is 126 Å². The van der Waals surface area contributed by atoms with E-state index in [1.807, 2.05) is 6.07 Å². The highest BCUT2D eigenvalue weighted by Gasteiger charge is 2.15. The van der Waals surface area contributed by atoms with Crippen molar-refractivity contribution in [1.29, 1.82) is 0 Å². The number of aryl methyl sites for hydroxylation is 1. The molecule has 21 heavy (non-hydrogen) atoms. The van der Waals surface area contributed by atoms with Gasteiger partial charge in [0.05, 0.1) is 0 Å². The first-order valence-electron chi connectivity index (χ1n) is 6.97. The van der Waals surface area contributed by atoms with Crippen LogP contribution in [0.3, 0.4) is 0 Å². The normalized spacial score (nSPS) is 14.5. The van der Waals surface area contributed by atoms with Crippen molar-refractivity contribution in [3.63, 3.8) is 0 Å². The third-order valence-corrected chi connectivity index (χ3v) is 4.52. The van der Waals surface area contributed by atoms with Crippen LogP contribution in [-0.4, -0.2) is 30.8 Å². The van der Waals surface area contributed by atoms with Gasteiger partial charge in [-0.05, 0) is 30.5 Å². The summed E-state index contributed by atoms with van der Waals surface area (Å²) in [4.78, 5) is 14.7. The molecular formula is C14H16N4O2S. The van der Waals surface area contributed by atoms with Crippen molar-refractivity contribution in [2.24, 2.45) is 0 Å². The van der Waals surface area contributed by atoms with Gasteiger partial charge in [0, 0.05) is 24.9 Å². The smallest absolute Gasteiger partial charge is 0.354 e. The molecule has 0 aromatic carbocycles. The van der Waals surface area contributed by atoms with Crippen LogP contribution in [0.4, 0.5) is 0 Å². The van der Waals surface area contributed by atoms with Crippen LogP contribution in [0, 0.1) is 0 Å². The van der Waals surface area contributed by atoms with Crippen molar-refractivity contribution in [2.75, 3.05) is 0 Å². The maximum absolute atomic E-state index is 10.9. The van der Waals surface area contributed by atoms with E-state index in [1.165, 1.54) is 19.0 Å². The molecule has 0 saturated heterocycles. The summed E-state index contributed by atoms with van der Waals surface area (Å²) >= 11 is 1.59. The zero-order valence-corrected chi connectivity index (χ0v) is 12.3. The summed E-state index contributed by atoms with van der Waals surface area (Å²) in [6.07, 6.45) is 6.10. The van der Waals surface area contributed by atoms with E-state index < -0.39 is 5.97 Å². The quantitative estimate of drug-likeness (QED) is 0.874. The van der Waals surface area contributed by atoms with Crippen LogP contribution in [0.1, 0.15) is 41.1 Å². The second-order valence-corrected chi connectivity index (χ2v) is 5.95. The SMILES string of the molecule is O=C(O)c1cc(CSc2nnc3n2CCCCC3)ccn1. The Morgan fingerprint density at radius 2 is 2.24 bits per heavy atom. The monoisotopic (exact) mass is 304 g/mol. The number of carboxylic acid groups (broad SMARTS) is 1. The second-order valence-electron chi connectivity index (χ2n) is 5.00. The fraction of sp³-hybridized carbons (Fsp3) is 0.429. The highest BCUT2D eigenvalue weighted by Crippen LogP contribution is 2.24. The molecule has 1 aliphatic heterocycles. The molecule has 2 aromatic heterocycles. The third kappa shape index (κ3) is 3.24. The molecule has 2 aromatic rings. The zero-order chi connectivity index (χ0) is 14.7. The molecule has 0 saturated carbocycles. The summed E-state index contributed by atoms with van der Waals surface area (Å²) < 4.78 is 2.19. The fourth-order valence-corrected chi connectivity index (χ4v) is 3.32. The molecule has 3 heterocycles. The van der Waals surface area contributed by atoms with E-state index in [4.69, 9.17) is 5.11 Å². The van der Waals surface area contributed by atoms with Crippen LogP contribution in [0.25, 0.3) is 0 Å². The van der Waals surface area contributed by atoms with Crippen LogP contribution in [0.2, 0.25) is 0 Å². The molecule has 0 fully saturated rings. The maximum Gasteiger partial charge on any atom is 0.354 e. The molecule has 0 amide bonds. The second kappa shape index (κ2) is 6.26. The molecule has 0 radical (unpaired) electrons. The Balaban J connectivity index is 1.72. The van der Waals surface area contributed by atoms with E-state index in [9.17, 15) is 4.79 Å². The van der Waals surface area contributed by atoms with Crippen LogP contribution in [0.5, 0.6) is 0 Å². The van der Waals surface area contributed by atoms with Crippen molar-refractivity contribution in [2.45, 2.75) is 43.1 Å². The van der Waals surface area contributed by atoms with Gasteiger partial charge in [-0.2, -0.15) is 0 Å². The zero-order valence-electron chi connectivity index (χ0n) is 11.5. The van der Waals surface area contributed by atoms with Gasteiger partial charge in [-0.3, -0.25) is 0 Å². The van der Waals surface area contributed by atoms with Gasteiger partial charge in [0.1, 0.15) is 11.5 Å². The van der Waals surface area contributed by atoms with E-state index in [1.54, 1.807) is 17.8 Å². The molecule has 0 aliphatic carbocycles. The minimum Gasteiger partial charge on any atom is -0.477 e. The molecule has 110 valence electrons. The van der Waals surface area contributed by atoms with Crippen LogP contribution in [-0.2, 0) is 18.7 Å². The number of aromatic carboxylic acids is 1. The lowest BCUT2D eigenvalue weighted by atomic mass is 10.2. The van der Waals surface area contributed by atoms with E-state index in [-0.39, 0.29) is 5.69 Å². The Morgan fingerprint density at radius 3 is 3.10 bits per heavy atom. The minimum atomic E-state index is -1.00. The van der Waals surface area contributed by atoms with Gasteiger partial charge in [-0.25, -0.2) is 9.78 Å². The number of pyridine rings is 1. The maximum atomic E-state index is 10.9. The minimum absolute atomic E-state index is 0.0770. The first kappa shape index (κ1) is 14.1. The van der Waals surface area contributed by atoms with Gasteiger partial charge >= 0.3 is 5.97 Å². The number of fused-ring (bicyclic) bond motifs is 1. The summed E-state index contributed by atoms with van der Waals surface area (Å²) in [6, 6.07) is 3.44. The lowest BCUT2D eigenvalue weighted by Gasteiger charge is -2.06. The summed E-state index contributed by atoms with van der Waals surface area (Å²) in [7, 11) is 0. The van der Waals surface area contributed by atoms with Crippen molar-refractivity contribution < 1.29 is 9.90 Å². The number of carbonyl (C=O) groups is 1. The van der Waals surface area contributed by atoms with Crippen LogP contribution >= 0.6 is 11.8 Å². The topological polar surface area (TPSA) is 80.9 Å². The standard InChI is InChI=1S/C14H16N4O2S/c19-13(20)11-8-10(5-6-15-11)9-21-14-17-16-12-4-2-1-3-7-18(12)14/h5-6,8H,1-4,7,9H2,(H,19,20). The molecule has 0 spiro atoms. The lowest BCUT2D eigenvalue weighted by molar-refractivity contribution is 0.0690. The van der Waals surface area contributed by atoms with Crippen molar-refractivity contribution in [3.05, 3.63) is 35.4 Å². The highest BCUT2D eigenvalue weighted by atomic mass is 32.2. The van der Waals surface area contributed by atoms with Crippen LogP contribution < -0.4 is 0 Å². The number of rotatable bonds is 4. The van der Waals surface area contributed by atoms with E-state index in [0.717, 1.165) is 35.9 Å². The predicted octanol–water partition coefficient (Wildman–Crippen LogP) is 2.39. The number of hydrogen-bond acceptors (Lipinski definition) is 5. The van der Waals surface area contributed by atoms with Gasteiger partial charge in [-0.15, -0.1) is 10.2 Å². The highest BCUT2D eigenvalue weighted by molar-refractivity contribution is 7.98. The summed E-state index contributed by atoms with van der Waals surface area (Å²) in [5.74, 6) is 0.732. The Bertz CT molecular complexity index is 656. The Morgan fingerprint density at radius 1 is 1.33 bits per heavy atom. The number of carboxylic acids is 1. The summed E-state index contributed by atoms with van der Waals surface area (Å²) in [5, 5.41) is 18.4. The Kier molecular flexibility index (Phi) is 4.19. The average molecular weight is 304 g/mol. The van der Waals surface area contributed by atoms with Crippen LogP contribution in [0.15, 0.2) is 23.5 Å². The first-order valence-corrected chi connectivity index (χ1v) is 7.96. The van der Waals surface area contributed by atoms with Gasteiger partial charge in [0.25, 0.3) is 0 Å². The van der Waals surface area contributed by atoms with Crippen molar-refractivity contribution in [3.8, 4) is 0 Å². The average Bonchev–Trinajstić information content (AvgIpc) is 2.72. The van der Waals surface area contributed by atoms with Gasteiger partial charge in [0.2, 0.25) is 0 Å². The van der Waals surface area contributed by atoms with Gasteiger partial charge in [-0.1, -0.05) is 18.2 Å². The fourth-order valence-electron chi connectivity index (χ4n) is 2.39. The Hall–Kier alpha value is -1.89. The molecule has 6 nitrogen and oxygen atoms in total. The molecule has 7 heteroatoms. The molecule has 0 unspecified atom stereocenters. The summed E-state index contributed by atoms with van der Waals surface area (Å²) in [6.45, 7) is 0.974. The number of thioether (sulfide) groups is 1. The molecule has 1 N–H and O–H groups in total. The number of nitrogens with zero attached hydrogens (tertiary/aromatic N) is 4. The van der Waals surface area contributed by atoms with Gasteiger partial charge in [0.15, 0.2) is 5.16 Å². The molecule has 0 atom stereocenters. The van der Waals surface area contributed by atoms with E-state index >= 15 is 0 Å². The number of aromatic nitrogens is 4. The molecule has 3 rings (SSSR count). The lowest BCUT2D eigenvalue weighted by Crippen LogP contribution is -2.03. The molecule has 0 bridgehead atoms. The van der Waals surface area contributed by atoms with E-state index in [0.29, 0.717) is 5.75 Å². The molecular weight excluding hydrogens is 288 g/mol. The number of hydrogen-bond donors (Lipinski definition) is 1. The first-order chi connectivity index (χ1) is 10.2. The largest absolute Gasteiger partial charge is 0.477 e.